The predicted octanol–water partition coefficient (Wildman–Crippen LogP) is 4.61. The van der Waals surface area contributed by atoms with Crippen molar-refractivity contribution in [2.45, 2.75) is 11.3 Å². The van der Waals surface area contributed by atoms with Crippen LogP contribution in [0.25, 0.3) is 11.3 Å². The van der Waals surface area contributed by atoms with Gasteiger partial charge in [-0.3, -0.25) is 4.79 Å². The number of rotatable bonds is 6. The van der Waals surface area contributed by atoms with E-state index >= 15 is 0 Å². The number of hydrogen-bond donors (Lipinski definition) is 0. The van der Waals surface area contributed by atoms with Crippen molar-refractivity contribution in [3.63, 3.8) is 0 Å². The highest BCUT2D eigenvalue weighted by atomic mass is 32.2. The average molecular weight is 489 g/mol. The van der Waals surface area contributed by atoms with Crippen molar-refractivity contribution < 1.29 is 22.7 Å². The molecule has 0 radical (unpaired) electrons. The van der Waals surface area contributed by atoms with E-state index in [1.165, 1.54) is 7.11 Å². The molecule has 0 aliphatic carbocycles. The molecule has 0 saturated carbocycles. The van der Waals surface area contributed by atoms with Crippen molar-refractivity contribution in [3.8, 4) is 17.0 Å². The minimum absolute atomic E-state index is 0.0330. The number of halogens is 3. The van der Waals surface area contributed by atoms with Gasteiger partial charge in [-0.2, -0.15) is 13.2 Å². The molecule has 178 valence electrons. The molecule has 2 aromatic carbocycles. The topological polar surface area (TPSA) is 58.6 Å². The number of anilines is 1. The van der Waals surface area contributed by atoms with Crippen LogP contribution in [0.1, 0.15) is 5.69 Å². The zero-order valence-corrected chi connectivity index (χ0v) is 19.3. The third kappa shape index (κ3) is 5.80. The highest BCUT2D eigenvalue weighted by Gasteiger charge is 2.34. The van der Waals surface area contributed by atoms with E-state index in [2.05, 4.69) is 14.9 Å². The molecule has 2 heterocycles. The SMILES string of the molecule is COc1ccc(-c2cc(C(F)(F)F)nc(SCC(=O)N3CCN(c4ccccc4)CC3)n2)cc1. The maximum absolute atomic E-state index is 13.4. The van der Waals surface area contributed by atoms with Crippen molar-refractivity contribution in [2.24, 2.45) is 0 Å². The van der Waals surface area contributed by atoms with Crippen molar-refractivity contribution >= 4 is 23.4 Å². The van der Waals surface area contributed by atoms with Gasteiger partial charge in [0.15, 0.2) is 5.16 Å². The van der Waals surface area contributed by atoms with Gasteiger partial charge in [0.25, 0.3) is 0 Å². The van der Waals surface area contributed by atoms with Crippen LogP contribution in [0.15, 0.2) is 65.8 Å². The maximum Gasteiger partial charge on any atom is 0.433 e. The van der Waals surface area contributed by atoms with Crippen LogP contribution in [0.2, 0.25) is 0 Å². The van der Waals surface area contributed by atoms with Gasteiger partial charge in [0.05, 0.1) is 18.6 Å². The molecule has 4 rings (SSSR count). The van der Waals surface area contributed by atoms with Crippen LogP contribution in [0.5, 0.6) is 5.75 Å². The number of hydrogen-bond acceptors (Lipinski definition) is 6. The summed E-state index contributed by atoms with van der Waals surface area (Å²) in [6.45, 7) is 2.49. The van der Waals surface area contributed by atoms with Crippen LogP contribution in [-0.2, 0) is 11.0 Å². The number of aromatic nitrogens is 2. The van der Waals surface area contributed by atoms with Crippen molar-refractivity contribution in [2.75, 3.05) is 43.9 Å². The summed E-state index contributed by atoms with van der Waals surface area (Å²) in [5.74, 6) is 0.403. The summed E-state index contributed by atoms with van der Waals surface area (Å²) < 4.78 is 45.4. The molecule has 1 aromatic heterocycles. The van der Waals surface area contributed by atoms with Crippen molar-refractivity contribution in [1.82, 2.24) is 14.9 Å². The Kier molecular flexibility index (Phi) is 7.26. The first kappa shape index (κ1) is 23.9. The number of methoxy groups -OCH3 is 1. The second-order valence-electron chi connectivity index (χ2n) is 7.64. The monoisotopic (exact) mass is 488 g/mol. The van der Waals surface area contributed by atoms with E-state index in [0.29, 0.717) is 37.5 Å². The lowest BCUT2D eigenvalue weighted by Crippen LogP contribution is -2.49. The molecular weight excluding hydrogens is 465 g/mol. The molecule has 1 amide bonds. The van der Waals surface area contributed by atoms with Gasteiger partial charge in [0.1, 0.15) is 11.4 Å². The minimum Gasteiger partial charge on any atom is -0.497 e. The summed E-state index contributed by atoms with van der Waals surface area (Å²) in [7, 11) is 1.51. The third-order valence-electron chi connectivity index (χ3n) is 5.46. The van der Waals surface area contributed by atoms with Crippen molar-refractivity contribution in [3.05, 3.63) is 66.4 Å². The molecule has 1 aliphatic rings. The molecule has 3 aromatic rings. The summed E-state index contributed by atoms with van der Waals surface area (Å²) in [5, 5.41) is -0.0862. The Bertz CT molecular complexity index is 1120. The zero-order chi connectivity index (χ0) is 24.1. The number of carbonyl (C=O) groups is 1. The van der Waals surface area contributed by atoms with E-state index in [9.17, 15) is 18.0 Å². The van der Waals surface area contributed by atoms with Crippen LogP contribution >= 0.6 is 11.8 Å². The Labute approximate surface area is 199 Å². The standard InChI is InChI=1S/C24H23F3N4O2S/c1-33-19-9-7-17(8-10-19)20-15-21(24(25,26)27)29-23(28-20)34-16-22(32)31-13-11-30(12-14-31)18-5-3-2-4-6-18/h2-10,15H,11-14,16H2,1H3. The lowest BCUT2D eigenvalue weighted by Gasteiger charge is -2.36. The van der Waals surface area contributed by atoms with Gasteiger partial charge in [-0.05, 0) is 42.5 Å². The fourth-order valence-corrected chi connectivity index (χ4v) is 4.38. The number of para-hydroxylation sites is 1. The molecule has 1 aliphatic heterocycles. The molecule has 0 bridgehead atoms. The average Bonchev–Trinajstić information content (AvgIpc) is 2.87. The summed E-state index contributed by atoms with van der Waals surface area (Å²) in [6, 6.07) is 17.4. The Morgan fingerprint density at radius 1 is 1.00 bits per heavy atom. The molecule has 1 saturated heterocycles. The first-order valence-corrected chi connectivity index (χ1v) is 11.6. The number of amides is 1. The normalized spacial score (nSPS) is 14.2. The van der Waals surface area contributed by atoms with E-state index in [1.807, 2.05) is 30.3 Å². The number of thioether (sulfide) groups is 1. The van der Waals surface area contributed by atoms with E-state index in [1.54, 1.807) is 29.2 Å². The Balaban J connectivity index is 1.43. The predicted molar refractivity (Wildman–Crippen MR) is 125 cm³/mol. The number of ether oxygens (including phenoxy) is 1. The largest absolute Gasteiger partial charge is 0.497 e. The lowest BCUT2D eigenvalue weighted by atomic mass is 10.1. The van der Waals surface area contributed by atoms with Crippen LogP contribution in [-0.4, -0.2) is 59.8 Å². The van der Waals surface area contributed by atoms with Gasteiger partial charge in [-0.25, -0.2) is 9.97 Å². The van der Waals surface area contributed by atoms with Gasteiger partial charge in [-0.1, -0.05) is 30.0 Å². The highest BCUT2D eigenvalue weighted by Crippen LogP contribution is 2.32. The molecule has 10 heteroatoms. The molecule has 0 unspecified atom stereocenters. The Morgan fingerprint density at radius 3 is 2.29 bits per heavy atom. The first-order valence-electron chi connectivity index (χ1n) is 10.6. The highest BCUT2D eigenvalue weighted by molar-refractivity contribution is 7.99. The second-order valence-corrected chi connectivity index (χ2v) is 8.58. The van der Waals surface area contributed by atoms with Gasteiger partial charge in [-0.15, -0.1) is 0 Å². The van der Waals surface area contributed by atoms with Gasteiger partial charge in [0.2, 0.25) is 5.91 Å². The summed E-state index contributed by atoms with van der Waals surface area (Å²) >= 11 is 0.914. The van der Waals surface area contributed by atoms with Crippen LogP contribution in [0, 0.1) is 0 Å². The molecule has 0 N–H and O–H groups in total. The molecule has 34 heavy (non-hydrogen) atoms. The molecule has 0 atom stereocenters. The van der Waals surface area contributed by atoms with Gasteiger partial charge >= 0.3 is 6.18 Å². The molecule has 0 spiro atoms. The van der Waals surface area contributed by atoms with Crippen LogP contribution < -0.4 is 9.64 Å². The van der Waals surface area contributed by atoms with Crippen LogP contribution in [0.3, 0.4) is 0 Å². The van der Waals surface area contributed by atoms with E-state index in [0.717, 1.165) is 23.5 Å². The number of alkyl halides is 3. The smallest absolute Gasteiger partial charge is 0.433 e. The molecule has 6 nitrogen and oxygen atoms in total. The number of benzene rings is 2. The molecule has 1 fully saturated rings. The minimum atomic E-state index is -4.63. The number of piperazine rings is 1. The maximum atomic E-state index is 13.4. The first-order chi connectivity index (χ1) is 16.3. The lowest BCUT2D eigenvalue weighted by molar-refractivity contribution is -0.141. The third-order valence-corrected chi connectivity index (χ3v) is 6.29. The summed E-state index contributed by atoms with van der Waals surface area (Å²) in [4.78, 5) is 24.6. The zero-order valence-electron chi connectivity index (χ0n) is 18.5. The Hall–Kier alpha value is -3.27. The fraction of sp³-hybridized carbons (Fsp3) is 0.292. The Morgan fingerprint density at radius 2 is 1.68 bits per heavy atom. The van der Waals surface area contributed by atoms with Crippen molar-refractivity contribution in [1.29, 1.82) is 0 Å². The number of nitrogens with zero attached hydrogens (tertiary/aromatic N) is 4. The van der Waals surface area contributed by atoms with E-state index in [-0.39, 0.29) is 22.5 Å². The number of carbonyl (C=O) groups excluding carboxylic acids is 1. The quantitative estimate of drug-likeness (QED) is 0.373. The van der Waals surface area contributed by atoms with E-state index < -0.39 is 11.9 Å². The second kappa shape index (κ2) is 10.3. The van der Waals surface area contributed by atoms with Gasteiger partial charge in [0, 0.05) is 37.4 Å². The van der Waals surface area contributed by atoms with E-state index in [4.69, 9.17) is 4.74 Å². The molecular formula is C24H23F3N4O2S. The van der Waals surface area contributed by atoms with Crippen LogP contribution in [0.4, 0.5) is 18.9 Å². The summed E-state index contributed by atoms with van der Waals surface area (Å²) in [5.41, 5.74) is 0.697. The summed E-state index contributed by atoms with van der Waals surface area (Å²) in [6.07, 6.45) is -4.63. The van der Waals surface area contributed by atoms with Gasteiger partial charge < -0.3 is 14.5 Å². The fourth-order valence-electron chi connectivity index (χ4n) is 3.62.